The average molecular weight is 430 g/mol. The molecule has 31 heavy (non-hydrogen) atoms. The number of allylic oxidation sites excluding steroid dienone is 1. The lowest BCUT2D eigenvalue weighted by molar-refractivity contribution is -0.147. The fraction of sp³-hybridized carbons (Fsp3) is 0.560. The smallest absolute Gasteiger partial charge is 0.309 e. The van der Waals surface area contributed by atoms with Crippen LogP contribution in [0.2, 0.25) is 0 Å². The van der Waals surface area contributed by atoms with Crippen molar-refractivity contribution >= 4 is 17.7 Å². The lowest BCUT2D eigenvalue weighted by Gasteiger charge is -2.23. The molecule has 2 aliphatic rings. The van der Waals surface area contributed by atoms with Gasteiger partial charge in [-0.2, -0.15) is 0 Å². The third kappa shape index (κ3) is 8.19. The Labute approximate surface area is 185 Å². The van der Waals surface area contributed by atoms with Crippen molar-refractivity contribution in [3.63, 3.8) is 0 Å². The van der Waals surface area contributed by atoms with Crippen LogP contribution in [-0.2, 0) is 25.5 Å². The van der Waals surface area contributed by atoms with Crippen LogP contribution in [0.3, 0.4) is 0 Å². The van der Waals surface area contributed by atoms with Crippen LogP contribution >= 0.6 is 0 Å². The van der Waals surface area contributed by atoms with Crippen LogP contribution < -0.4 is 10.1 Å². The third-order valence-corrected chi connectivity index (χ3v) is 5.45. The number of fused-ring (bicyclic) bond motifs is 14. The number of ketones is 1. The molecule has 0 unspecified atom stereocenters. The molecule has 3 rings (SSSR count). The number of carbonyl (C=O) groups is 3. The molecular formula is C25H35NO5. The van der Waals surface area contributed by atoms with E-state index in [1.54, 1.807) is 0 Å². The molecular weight excluding hydrogens is 394 g/mol. The molecule has 0 aromatic heterocycles. The Balaban J connectivity index is 2.25. The van der Waals surface area contributed by atoms with E-state index in [9.17, 15) is 14.4 Å². The predicted octanol–water partition coefficient (Wildman–Crippen LogP) is 3.87. The summed E-state index contributed by atoms with van der Waals surface area (Å²) >= 11 is 0. The minimum absolute atomic E-state index is 0.0420. The number of hydrogen-bond donors (Lipinski definition) is 1. The van der Waals surface area contributed by atoms with Crippen LogP contribution in [-0.4, -0.2) is 37.4 Å². The Morgan fingerprint density at radius 2 is 1.87 bits per heavy atom. The standard InChI is InChI=1S/C25H35NO5/c1-17(2)14-22-23(27)16-20(25(29)30-4)8-6-5-7-13-31-21-11-9-19(10-12-21)15-18(3)24(28)26-22/h5-6,9-12,17-18,20,22H,7-8,13-16H2,1-4H3,(H,26,28)/b6-5+/t18-,20+,22-/m0/s1. The Morgan fingerprint density at radius 3 is 2.52 bits per heavy atom. The molecule has 170 valence electrons. The summed E-state index contributed by atoms with van der Waals surface area (Å²) in [6.07, 6.45) is 6.10. The van der Waals surface area contributed by atoms with Crippen LogP contribution in [0.4, 0.5) is 0 Å². The third-order valence-electron chi connectivity index (χ3n) is 5.45. The average Bonchev–Trinajstić information content (AvgIpc) is 2.74. The Bertz CT molecular complexity index is 769. The lowest BCUT2D eigenvalue weighted by Crippen LogP contribution is -2.45. The van der Waals surface area contributed by atoms with Crippen molar-refractivity contribution in [2.75, 3.05) is 13.7 Å². The molecule has 1 aromatic carbocycles. The maximum absolute atomic E-state index is 13.1. The summed E-state index contributed by atoms with van der Waals surface area (Å²) < 4.78 is 10.6. The molecule has 0 fully saturated rings. The first-order valence-electron chi connectivity index (χ1n) is 11.1. The van der Waals surface area contributed by atoms with Gasteiger partial charge in [-0.05, 0) is 49.3 Å². The van der Waals surface area contributed by atoms with Gasteiger partial charge in [-0.15, -0.1) is 0 Å². The Morgan fingerprint density at radius 1 is 1.16 bits per heavy atom. The molecule has 2 aliphatic heterocycles. The van der Waals surface area contributed by atoms with Crippen LogP contribution in [0, 0.1) is 17.8 Å². The molecule has 3 atom stereocenters. The zero-order valence-electron chi connectivity index (χ0n) is 19.1. The van der Waals surface area contributed by atoms with Gasteiger partial charge in [0.25, 0.3) is 0 Å². The fourth-order valence-corrected chi connectivity index (χ4v) is 3.66. The number of carbonyl (C=O) groups excluding carboxylic acids is 3. The van der Waals surface area contributed by atoms with Crippen LogP contribution in [0.5, 0.6) is 5.75 Å². The van der Waals surface area contributed by atoms with Crippen molar-refractivity contribution in [3.05, 3.63) is 42.0 Å². The van der Waals surface area contributed by atoms with Gasteiger partial charge >= 0.3 is 5.97 Å². The van der Waals surface area contributed by atoms with Crippen LogP contribution in [0.15, 0.2) is 36.4 Å². The van der Waals surface area contributed by atoms with Gasteiger partial charge in [0.05, 0.1) is 25.7 Å². The van der Waals surface area contributed by atoms with E-state index in [0.717, 1.165) is 11.3 Å². The summed E-state index contributed by atoms with van der Waals surface area (Å²) in [6.45, 7) is 6.40. The van der Waals surface area contributed by atoms with Gasteiger partial charge in [-0.3, -0.25) is 14.4 Å². The van der Waals surface area contributed by atoms with E-state index in [4.69, 9.17) is 9.47 Å². The number of amides is 1. The van der Waals surface area contributed by atoms with E-state index >= 15 is 0 Å². The molecule has 1 N–H and O–H groups in total. The summed E-state index contributed by atoms with van der Waals surface area (Å²) in [5.41, 5.74) is 1.04. The number of esters is 1. The van der Waals surface area contributed by atoms with E-state index in [1.165, 1.54) is 7.11 Å². The van der Waals surface area contributed by atoms with Crippen molar-refractivity contribution < 1.29 is 23.9 Å². The van der Waals surface area contributed by atoms with E-state index in [0.29, 0.717) is 32.3 Å². The highest BCUT2D eigenvalue weighted by Gasteiger charge is 2.29. The van der Waals surface area contributed by atoms with Crippen LogP contribution in [0.25, 0.3) is 0 Å². The van der Waals surface area contributed by atoms with E-state index < -0.39 is 17.9 Å². The topological polar surface area (TPSA) is 81.7 Å². The highest BCUT2D eigenvalue weighted by molar-refractivity contribution is 5.92. The monoisotopic (exact) mass is 429 g/mol. The first-order chi connectivity index (χ1) is 14.8. The Hall–Kier alpha value is -2.63. The van der Waals surface area contributed by atoms with Gasteiger partial charge in [0.15, 0.2) is 5.78 Å². The van der Waals surface area contributed by atoms with Crippen molar-refractivity contribution in [1.82, 2.24) is 5.32 Å². The molecule has 0 saturated carbocycles. The zero-order chi connectivity index (χ0) is 22.8. The maximum Gasteiger partial charge on any atom is 0.309 e. The molecule has 2 bridgehead atoms. The first-order valence-corrected chi connectivity index (χ1v) is 11.1. The van der Waals surface area contributed by atoms with E-state index in [-0.39, 0.29) is 29.9 Å². The number of hydrogen-bond acceptors (Lipinski definition) is 5. The van der Waals surface area contributed by atoms with Gasteiger partial charge in [-0.25, -0.2) is 0 Å². The molecule has 0 radical (unpaired) electrons. The van der Waals surface area contributed by atoms with Crippen molar-refractivity contribution in [2.24, 2.45) is 17.8 Å². The fourth-order valence-electron chi connectivity index (χ4n) is 3.66. The number of methoxy groups -OCH3 is 1. The summed E-state index contributed by atoms with van der Waals surface area (Å²) in [7, 11) is 1.33. The largest absolute Gasteiger partial charge is 0.493 e. The molecule has 1 aromatic rings. The second-order valence-electron chi connectivity index (χ2n) is 8.67. The SMILES string of the molecule is COC(=O)[C@@H]1C/C=C/CCOc2ccc(cc2)C[C@H](C)C(=O)N[C@@H](CC(C)C)C(=O)C1. The summed E-state index contributed by atoms with van der Waals surface area (Å²) in [5.74, 6) is -0.540. The predicted molar refractivity (Wildman–Crippen MR) is 120 cm³/mol. The number of nitrogens with one attached hydrogen (secondary N) is 1. The number of benzene rings is 1. The summed E-state index contributed by atoms with van der Waals surface area (Å²) in [5, 5.41) is 2.94. The molecule has 6 heteroatoms. The summed E-state index contributed by atoms with van der Waals surface area (Å²) in [4.78, 5) is 38.1. The van der Waals surface area contributed by atoms with Crippen LogP contribution in [0.1, 0.15) is 52.0 Å². The normalized spacial score (nSPS) is 24.6. The molecule has 0 aliphatic carbocycles. The second-order valence-corrected chi connectivity index (χ2v) is 8.67. The lowest BCUT2D eigenvalue weighted by atomic mass is 9.91. The van der Waals surface area contributed by atoms with Gasteiger partial charge in [-0.1, -0.05) is 45.1 Å². The molecule has 2 heterocycles. The van der Waals surface area contributed by atoms with Crippen molar-refractivity contribution in [2.45, 2.75) is 58.9 Å². The van der Waals surface area contributed by atoms with Gasteiger partial charge in [0, 0.05) is 12.3 Å². The number of ether oxygens (including phenoxy) is 2. The number of rotatable bonds is 3. The highest BCUT2D eigenvalue weighted by atomic mass is 16.5. The van der Waals surface area contributed by atoms with Gasteiger partial charge in [0.2, 0.25) is 5.91 Å². The minimum atomic E-state index is -0.610. The quantitative estimate of drug-likeness (QED) is 0.583. The molecule has 1 amide bonds. The molecule has 0 saturated heterocycles. The Kier molecular flexibility index (Phi) is 9.76. The molecule has 0 spiro atoms. The maximum atomic E-state index is 13.1. The van der Waals surface area contributed by atoms with Crippen molar-refractivity contribution in [3.8, 4) is 5.75 Å². The zero-order valence-corrected chi connectivity index (χ0v) is 19.1. The number of Topliss-reactive ketones (excluding diaryl/α,β-unsaturated/α-hetero) is 1. The second kappa shape index (κ2) is 12.3. The first kappa shape index (κ1) is 24.6. The highest BCUT2D eigenvalue weighted by Crippen LogP contribution is 2.19. The summed E-state index contributed by atoms with van der Waals surface area (Å²) in [6, 6.07) is 7.14. The van der Waals surface area contributed by atoms with E-state index in [2.05, 4.69) is 5.32 Å². The molecule has 6 nitrogen and oxygen atoms in total. The van der Waals surface area contributed by atoms with Gasteiger partial charge < -0.3 is 14.8 Å². The van der Waals surface area contributed by atoms with Crippen molar-refractivity contribution in [1.29, 1.82) is 0 Å². The minimum Gasteiger partial charge on any atom is -0.493 e. The van der Waals surface area contributed by atoms with Gasteiger partial charge in [0.1, 0.15) is 5.75 Å². The van der Waals surface area contributed by atoms with E-state index in [1.807, 2.05) is 57.2 Å².